The van der Waals surface area contributed by atoms with Crippen molar-refractivity contribution in [3.8, 4) is 5.75 Å². The van der Waals surface area contributed by atoms with Crippen LogP contribution in [0.4, 0.5) is 0 Å². The van der Waals surface area contributed by atoms with Crippen LogP contribution in [-0.4, -0.2) is 37.8 Å². The predicted octanol–water partition coefficient (Wildman–Crippen LogP) is 4.49. The molecule has 3 rings (SSSR count). The van der Waals surface area contributed by atoms with Crippen molar-refractivity contribution in [3.63, 3.8) is 0 Å². The van der Waals surface area contributed by atoms with Gasteiger partial charge >= 0.3 is 0 Å². The third-order valence-corrected chi connectivity index (χ3v) is 4.94. The van der Waals surface area contributed by atoms with Crippen molar-refractivity contribution in [1.82, 2.24) is 10.3 Å². The minimum Gasteiger partial charge on any atom is -0.497 e. The van der Waals surface area contributed by atoms with Crippen LogP contribution in [0.15, 0.2) is 54.7 Å². The number of nitrogens with one attached hydrogen (secondary N) is 2. The molecule has 0 aliphatic heterocycles. The molecular weight excluding hydrogens is 364 g/mol. The second-order valence-corrected chi connectivity index (χ2v) is 7.64. The van der Waals surface area contributed by atoms with E-state index in [1.807, 2.05) is 30.5 Å². The maximum Gasteiger partial charge on any atom is 0.222 e. The molecule has 5 heteroatoms. The maximum absolute atomic E-state index is 12.3. The van der Waals surface area contributed by atoms with Crippen LogP contribution < -0.4 is 10.1 Å². The summed E-state index contributed by atoms with van der Waals surface area (Å²) >= 11 is 0. The van der Waals surface area contributed by atoms with E-state index in [-0.39, 0.29) is 11.8 Å². The Balaban J connectivity index is 1.74. The molecular formula is C24H30N2O3. The van der Waals surface area contributed by atoms with Crippen LogP contribution in [0, 0.1) is 5.92 Å². The Morgan fingerprint density at radius 2 is 1.86 bits per heavy atom. The first-order valence-electron chi connectivity index (χ1n) is 10.1. The maximum atomic E-state index is 12.3. The molecule has 2 aromatic carbocycles. The largest absolute Gasteiger partial charge is 0.497 e. The Labute approximate surface area is 172 Å². The van der Waals surface area contributed by atoms with Gasteiger partial charge in [0.05, 0.1) is 13.7 Å². The van der Waals surface area contributed by atoms with Gasteiger partial charge in [0.25, 0.3) is 0 Å². The Morgan fingerprint density at radius 1 is 1.10 bits per heavy atom. The van der Waals surface area contributed by atoms with Crippen LogP contribution in [0.1, 0.15) is 37.3 Å². The van der Waals surface area contributed by atoms with Gasteiger partial charge in [-0.25, -0.2) is 0 Å². The number of methoxy groups -OCH3 is 1. The highest BCUT2D eigenvalue weighted by Gasteiger charge is 2.19. The van der Waals surface area contributed by atoms with E-state index in [0.717, 1.165) is 16.8 Å². The van der Waals surface area contributed by atoms with Gasteiger partial charge in [0.1, 0.15) is 5.75 Å². The monoisotopic (exact) mass is 394 g/mol. The Kier molecular flexibility index (Phi) is 7.30. The molecule has 154 valence electrons. The molecule has 0 spiro atoms. The van der Waals surface area contributed by atoms with Crippen molar-refractivity contribution in [2.75, 3.05) is 26.9 Å². The molecule has 29 heavy (non-hydrogen) atoms. The van der Waals surface area contributed by atoms with Crippen molar-refractivity contribution in [3.05, 3.63) is 65.9 Å². The summed E-state index contributed by atoms with van der Waals surface area (Å²) in [5.41, 5.74) is 3.39. The molecule has 1 heterocycles. The van der Waals surface area contributed by atoms with Crippen molar-refractivity contribution in [1.29, 1.82) is 0 Å². The first-order valence-corrected chi connectivity index (χ1v) is 10.1. The van der Waals surface area contributed by atoms with E-state index in [9.17, 15) is 4.79 Å². The van der Waals surface area contributed by atoms with E-state index >= 15 is 0 Å². The fourth-order valence-electron chi connectivity index (χ4n) is 3.41. The lowest BCUT2D eigenvalue weighted by atomic mass is 9.90. The quantitative estimate of drug-likeness (QED) is 0.498. The lowest BCUT2D eigenvalue weighted by Gasteiger charge is -2.19. The van der Waals surface area contributed by atoms with Gasteiger partial charge in [-0.3, -0.25) is 4.79 Å². The normalized spacial score (nSPS) is 12.3. The molecule has 0 bridgehead atoms. The zero-order valence-electron chi connectivity index (χ0n) is 17.4. The lowest BCUT2D eigenvalue weighted by molar-refractivity contribution is -0.122. The standard InChI is InChI=1S/C24H30N2O3/c1-17(2)16-29-13-12-24(27)26-14-21(18-8-10-19(28-3)11-9-18)22-15-25-23-7-5-4-6-20(22)23/h4-11,15,17,21,25H,12-14,16H2,1-3H3,(H,26,27). The van der Waals surface area contributed by atoms with Crippen LogP contribution in [0.3, 0.4) is 0 Å². The molecule has 1 amide bonds. The van der Waals surface area contributed by atoms with Gasteiger partial charge in [-0.15, -0.1) is 0 Å². The molecule has 1 atom stereocenters. The summed E-state index contributed by atoms with van der Waals surface area (Å²) in [6.45, 7) is 5.85. The number of H-pyrrole nitrogens is 1. The Hall–Kier alpha value is -2.79. The number of hydrogen-bond acceptors (Lipinski definition) is 3. The number of para-hydroxylation sites is 1. The van der Waals surface area contributed by atoms with Gasteiger partial charge in [-0.05, 0) is 35.2 Å². The van der Waals surface area contributed by atoms with E-state index < -0.39 is 0 Å². The number of benzene rings is 2. The molecule has 5 nitrogen and oxygen atoms in total. The molecule has 0 radical (unpaired) electrons. The van der Waals surface area contributed by atoms with Crippen molar-refractivity contribution in [2.24, 2.45) is 5.92 Å². The second kappa shape index (κ2) is 10.1. The summed E-state index contributed by atoms with van der Waals surface area (Å²) in [6, 6.07) is 16.3. The fraction of sp³-hybridized carbons (Fsp3) is 0.375. The number of aromatic nitrogens is 1. The van der Waals surface area contributed by atoms with E-state index in [4.69, 9.17) is 9.47 Å². The van der Waals surface area contributed by atoms with Crippen LogP contribution in [0.2, 0.25) is 0 Å². The molecule has 0 aliphatic rings. The molecule has 0 saturated heterocycles. The van der Waals surface area contributed by atoms with Crippen LogP contribution >= 0.6 is 0 Å². The summed E-state index contributed by atoms with van der Waals surface area (Å²) in [4.78, 5) is 15.7. The second-order valence-electron chi connectivity index (χ2n) is 7.64. The zero-order chi connectivity index (χ0) is 20.6. The van der Waals surface area contributed by atoms with Crippen molar-refractivity contribution in [2.45, 2.75) is 26.2 Å². The van der Waals surface area contributed by atoms with E-state index in [2.05, 4.69) is 48.4 Å². The molecule has 0 saturated carbocycles. The van der Waals surface area contributed by atoms with Gasteiger partial charge in [0.2, 0.25) is 5.91 Å². The average Bonchev–Trinajstić information content (AvgIpc) is 3.16. The number of aromatic amines is 1. The number of carbonyl (C=O) groups excluding carboxylic acids is 1. The molecule has 0 fully saturated rings. The number of fused-ring (bicyclic) bond motifs is 1. The third-order valence-electron chi connectivity index (χ3n) is 4.94. The van der Waals surface area contributed by atoms with Crippen LogP contribution in [0.25, 0.3) is 10.9 Å². The van der Waals surface area contributed by atoms with E-state index in [1.165, 1.54) is 10.9 Å². The summed E-state index contributed by atoms with van der Waals surface area (Å²) in [5.74, 6) is 1.34. The summed E-state index contributed by atoms with van der Waals surface area (Å²) in [7, 11) is 1.66. The average molecular weight is 395 g/mol. The number of amides is 1. The van der Waals surface area contributed by atoms with Gasteiger partial charge in [-0.2, -0.15) is 0 Å². The first kappa shape index (κ1) is 20.9. The molecule has 0 aliphatic carbocycles. The topological polar surface area (TPSA) is 63.4 Å². The highest BCUT2D eigenvalue weighted by atomic mass is 16.5. The van der Waals surface area contributed by atoms with Gasteiger partial charge in [0, 0.05) is 42.6 Å². The highest BCUT2D eigenvalue weighted by Crippen LogP contribution is 2.31. The van der Waals surface area contributed by atoms with E-state index in [1.54, 1.807) is 7.11 Å². The van der Waals surface area contributed by atoms with Crippen molar-refractivity contribution >= 4 is 16.8 Å². The fourth-order valence-corrected chi connectivity index (χ4v) is 3.41. The summed E-state index contributed by atoms with van der Waals surface area (Å²) in [5, 5.41) is 4.26. The number of hydrogen-bond donors (Lipinski definition) is 2. The zero-order valence-corrected chi connectivity index (χ0v) is 17.4. The van der Waals surface area contributed by atoms with Crippen LogP contribution in [0.5, 0.6) is 5.75 Å². The van der Waals surface area contributed by atoms with Crippen LogP contribution in [-0.2, 0) is 9.53 Å². The Morgan fingerprint density at radius 3 is 2.59 bits per heavy atom. The molecule has 1 aromatic heterocycles. The number of rotatable bonds is 10. The highest BCUT2D eigenvalue weighted by molar-refractivity contribution is 5.84. The van der Waals surface area contributed by atoms with Gasteiger partial charge in [-0.1, -0.05) is 44.2 Å². The summed E-state index contributed by atoms with van der Waals surface area (Å²) in [6.07, 6.45) is 2.41. The smallest absolute Gasteiger partial charge is 0.222 e. The minimum absolute atomic E-state index is 0.00658. The first-order chi connectivity index (χ1) is 14.1. The molecule has 3 aromatic rings. The number of ether oxygens (including phenoxy) is 2. The summed E-state index contributed by atoms with van der Waals surface area (Å²) < 4.78 is 10.8. The van der Waals surface area contributed by atoms with Gasteiger partial charge in [0.15, 0.2) is 0 Å². The van der Waals surface area contributed by atoms with Gasteiger partial charge < -0.3 is 19.8 Å². The molecule has 2 N–H and O–H groups in total. The van der Waals surface area contributed by atoms with Crippen molar-refractivity contribution < 1.29 is 14.3 Å². The number of carbonyl (C=O) groups is 1. The molecule has 1 unspecified atom stereocenters. The van der Waals surface area contributed by atoms with E-state index in [0.29, 0.717) is 32.1 Å². The third kappa shape index (κ3) is 5.61. The minimum atomic E-state index is 0.00658. The SMILES string of the molecule is COc1ccc(C(CNC(=O)CCOCC(C)C)c2c[nH]c3ccccc23)cc1. The lowest BCUT2D eigenvalue weighted by Crippen LogP contribution is -2.29. The predicted molar refractivity (Wildman–Crippen MR) is 116 cm³/mol. The Bertz CT molecular complexity index is 915.